The molecule has 1 aromatic rings. The van der Waals surface area contributed by atoms with Crippen LogP contribution in [0.3, 0.4) is 0 Å². The first-order valence-corrected chi connectivity index (χ1v) is 10.4. The van der Waals surface area contributed by atoms with Crippen molar-refractivity contribution in [2.45, 2.75) is 58.0 Å². The summed E-state index contributed by atoms with van der Waals surface area (Å²) in [6.45, 7) is 9.46. The van der Waals surface area contributed by atoms with Gasteiger partial charge in [-0.1, -0.05) is 0 Å². The van der Waals surface area contributed by atoms with Crippen LogP contribution < -0.4 is 0 Å². The van der Waals surface area contributed by atoms with Crippen molar-refractivity contribution in [3.63, 3.8) is 0 Å². The molecule has 0 bridgehead atoms. The molecule has 0 aromatic carbocycles. The molecule has 144 valence electrons. The Balaban J connectivity index is 1.27. The normalized spacial score (nSPS) is 26.5. The largest absolute Gasteiger partial charge is 0.348 e. The Labute approximate surface area is 156 Å². The molecule has 1 atom stereocenters. The lowest BCUT2D eigenvalue weighted by molar-refractivity contribution is -0.136. The molecule has 0 spiro atoms. The van der Waals surface area contributed by atoms with Crippen LogP contribution in [0.4, 0.5) is 0 Å². The molecular weight excluding hydrogens is 326 g/mol. The highest BCUT2D eigenvalue weighted by Gasteiger charge is 2.34. The second kappa shape index (κ2) is 8.09. The Morgan fingerprint density at radius 2 is 1.88 bits per heavy atom. The minimum Gasteiger partial charge on any atom is -0.348 e. The maximum absolute atomic E-state index is 12.8. The predicted molar refractivity (Wildman–Crippen MR) is 102 cm³/mol. The van der Waals surface area contributed by atoms with Crippen LogP contribution in [0.25, 0.3) is 0 Å². The van der Waals surface area contributed by atoms with Gasteiger partial charge in [-0.05, 0) is 52.0 Å². The van der Waals surface area contributed by atoms with E-state index >= 15 is 0 Å². The summed E-state index contributed by atoms with van der Waals surface area (Å²) in [6.07, 6.45) is 8.87. The number of carbonyl (C=O) groups is 1. The zero-order chi connectivity index (χ0) is 17.9. The molecule has 1 N–H and O–H groups in total. The van der Waals surface area contributed by atoms with Gasteiger partial charge in [-0.15, -0.1) is 0 Å². The number of aryl methyl sites for hydroxylation is 1. The highest BCUT2D eigenvalue weighted by Crippen LogP contribution is 2.26. The summed E-state index contributed by atoms with van der Waals surface area (Å²) in [4.78, 5) is 27.6. The number of piperidine rings is 2. The van der Waals surface area contributed by atoms with Crippen molar-refractivity contribution in [2.75, 3.05) is 39.3 Å². The average molecular weight is 360 g/mol. The summed E-state index contributed by atoms with van der Waals surface area (Å²) in [5.41, 5.74) is 2.36. The van der Waals surface area contributed by atoms with Crippen molar-refractivity contribution < 1.29 is 4.79 Å². The van der Waals surface area contributed by atoms with Crippen LogP contribution in [-0.4, -0.2) is 75.9 Å². The van der Waals surface area contributed by atoms with Gasteiger partial charge < -0.3 is 9.88 Å². The SMILES string of the molecule is Cc1[nH]cnc1CN1CCC(N2CCC[C@H](C(=O)N3CCCC3)C2)CC1. The molecule has 26 heavy (non-hydrogen) atoms. The fraction of sp³-hybridized carbons (Fsp3) is 0.800. The van der Waals surface area contributed by atoms with Crippen LogP contribution in [0, 0.1) is 12.8 Å². The minimum atomic E-state index is 0.242. The first-order chi connectivity index (χ1) is 12.7. The van der Waals surface area contributed by atoms with Crippen LogP contribution in [0.1, 0.15) is 49.9 Å². The van der Waals surface area contributed by atoms with Crippen molar-refractivity contribution in [2.24, 2.45) is 5.92 Å². The van der Waals surface area contributed by atoms with Crippen LogP contribution in [-0.2, 0) is 11.3 Å². The quantitative estimate of drug-likeness (QED) is 0.894. The van der Waals surface area contributed by atoms with Gasteiger partial charge in [0.2, 0.25) is 5.91 Å². The van der Waals surface area contributed by atoms with E-state index in [2.05, 4.69) is 31.6 Å². The Morgan fingerprint density at radius 1 is 1.12 bits per heavy atom. The Morgan fingerprint density at radius 3 is 2.58 bits per heavy atom. The molecule has 1 amide bonds. The summed E-state index contributed by atoms with van der Waals surface area (Å²) >= 11 is 0. The summed E-state index contributed by atoms with van der Waals surface area (Å²) in [7, 11) is 0. The van der Waals surface area contributed by atoms with E-state index < -0.39 is 0 Å². The van der Waals surface area contributed by atoms with E-state index in [9.17, 15) is 4.79 Å². The highest BCUT2D eigenvalue weighted by atomic mass is 16.2. The standard InChI is InChI=1S/C20H33N5O/c1-16-19(22-15-21-16)14-23-11-6-18(7-12-23)25-10-4-5-17(13-25)20(26)24-8-2-3-9-24/h15,17-18H,2-14H2,1H3,(H,21,22)/t17-/m0/s1. The van der Waals surface area contributed by atoms with Crippen LogP contribution in [0.5, 0.6) is 0 Å². The number of nitrogens with zero attached hydrogens (tertiary/aromatic N) is 4. The summed E-state index contributed by atoms with van der Waals surface area (Å²) in [6, 6.07) is 0.653. The van der Waals surface area contributed by atoms with Gasteiger partial charge in [0.15, 0.2) is 0 Å². The Bertz CT molecular complexity index is 601. The lowest BCUT2D eigenvalue weighted by atomic mass is 9.93. The number of hydrogen-bond donors (Lipinski definition) is 1. The second-order valence-electron chi connectivity index (χ2n) is 8.35. The summed E-state index contributed by atoms with van der Waals surface area (Å²) < 4.78 is 0. The number of H-pyrrole nitrogens is 1. The molecule has 0 aliphatic carbocycles. The number of nitrogens with one attached hydrogen (secondary N) is 1. The molecule has 1 aromatic heterocycles. The van der Waals surface area contributed by atoms with Gasteiger partial charge in [0, 0.05) is 51.0 Å². The molecule has 4 rings (SSSR count). The molecule has 0 saturated carbocycles. The van der Waals surface area contributed by atoms with Gasteiger partial charge in [-0.2, -0.15) is 0 Å². The van der Waals surface area contributed by atoms with E-state index in [-0.39, 0.29) is 5.92 Å². The van der Waals surface area contributed by atoms with Crippen molar-refractivity contribution in [3.05, 3.63) is 17.7 Å². The number of imidazole rings is 1. The summed E-state index contributed by atoms with van der Waals surface area (Å²) in [5.74, 6) is 0.672. The molecule has 3 aliphatic heterocycles. The fourth-order valence-corrected chi connectivity index (χ4v) is 4.94. The Kier molecular flexibility index (Phi) is 5.60. The number of rotatable bonds is 4. The predicted octanol–water partition coefficient (Wildman–Crippen LogP) is 2.02. The van der Waals surface area contributed by atoms with E-state index in [0.717, 1.165) is 45.7 Å². The third-order valence-electron chi connectivity index (χ3n) is 6.60. The average Bonchev–Trinajstić information content (AvgIpc) is 3.34. The summed E-state index contributed by atoms with van der Waals surface area (Å²) in [5, 5.41) is 0. The van der Waals surface area contributed by atoms with E-state index in [1.165, 1.54) is 50.0 Å². The molecule has 3 aliphatic rings. The van der Waals surface area contributed by atoms with Crippen molar-refractivity contribution in [3.8, 4) is 0 Å². The van der Waals surface area contributed by atoms with Gasteiger partial charge in [0.1, 0.15) is 0 Å². The van der Waals surface area contributed by atoms with Crippen LogP contribution in [0.2, 0.25) is 0 Å². The number of likely N-dealkylation sites (tertiary alicyclic amines) is 3. The first-order valence-electron chi connectivity index (χ1n) is 10.4. The zero-order valence-corrected chi connectivity index (χ0v) is 16.1. The van der Waals surface area contributed by atoms with Crippen molar-refractivity contribution in [1.82, 2.24) is 24.7 Å². The first kappa shape index (κ1) is 18.0. The molecule has 6 heteroatoms. The topological polar surface area (TPSA) is 55.5 Å². The van der Waals surface area contributed by atoms with Gasteiger partial charge in [-0.3, -0.25) is 14.6 Å². The lowest BCUT2D eigenvalue weighted by Crippen LogP contribution is -2.51. The third kappa shape index (κ3) is 3.96. The molecule has 0 unspecified atom stereocenters. The zero-order valence-electron chi connectivity index (χ0n) is 16.1. The van der Waals surface area contributed by atoms with E-state index in [4.69, 9.17) is 0 Å². The highest BCUT2D eigenvalue weighted by molar-refractivity contribution is 5.79. The van der Waals surface area contributed by atoms with Gasteiger partial charge >= 0.3 is 0 Å². The van der Waals surface area contributed by atoms with Crippen molar-refractivity contribution in [1.29, 1.82) is 0 Å². The maximum Gasteiger partial charge on any atom is 0.226 e. The molecular formula is C20H33N5O. The maximum atomic E-state index is 12.8. The van der Waals surface area contributed by atoms with Gasteiger partial charge in [0.05, 0.1) is 17.9 Å². The van der Waals surface area contributed by atoms with Crippen molar-refractivity contribution >= 4 is 5.91 Å². The lowest BCUT2D eigenvalue weighted by Gasteiger charge is -2.42. The molecule has 4 heterocycles. The van der Waals surface area contributed by atoms with Gasteiger partial charge in [-0.25, -0.2) is 4.98 Å². The smallest absolute Gasteiger partial charge is 0.226 e. The van der Waals surface area contributed by atoms with Crippen LogP contribution in [0.15, 0.2) is 6.33 Å². The van der Waals surface area contributed by atoms with E-state index in [0.29, 0.717) is 11.9 Å². The van der Waals surface area contributed by atoms with E-state index in [1.807, 2.05) is 0 Å². The number of aromatic amines is 1. The van der Waals surface area contributed by atoms with Gasteiger partial charge in [0.25, 0.3) is 0 Å². The molecule has 0 radical (unpaired) electrons. The molecule has 3 saturated heterocycles. The molecule has 6 nitrogen and oxygen atoms in total. The monoisotopic (exact) mass is 359 g/mol. The number of carbonyl (C=O) groups excluding carboxylic acids is 1. The number of hydrogen-bond acceptors (Lipinski definition) is 4. The van der Waals surface area contributed by atoms with Crippen LogP contribution >= 0.6 is 0 Å². The number of aromatic nitrogens is 2. The number of amides is 1. The Hall–Kier alpha value is -1.40. The minimum absolute atomic E-state index is 0.242. The second-order valence-corrected chi connectivity index (χ2v) is 8.35. The third-order valence-corrected chi connectivity index (χ3v) is 6.60. The van der Waals surface area contributed by atoms with E-state index in [1.54, 1.807) is 6.33 Å². The molecule has 3 fully saturated rings. The fourth-order valence-electron chi connectivity index (χ4n) is 4.94.